The molecule has 25 heavy (non-hydrogen) atoms. The Morgan fingerprint density at radius 3 is 2.40 bits per heavy atom. The fraction of sp³-hybridized carbons (Fsp3) is 0.350. The molecule has 2 rings (SSSR count). The Morgan fingerprint density at radius 2 is 1.80 bits per heavy atom. The molecule has 5 heteroatoms. The number of amides is 1. The highest BCUT2D eigenvalue weighted by molar-refractivity contribution is 5.76. The van der Waals surface area contributed by atoms with Gasteiger partial charge < -0.3 is 14.8 Å². The Labute approximate surface area is 148 Å². The molecule has 0 spiro atoms. The SMILES string of the molecule is CCOCCC(=O)NC(Cc1ccc(F)cc1)c1ccc(OC)cc1. The van der Waals surface area contributed by atoms with Crippen LogP contribution in [-0.4, -0.2) is 26.2 Å². The summed E-state index contributed by atoms with van der Waals surface area (Å²) in [5.41, 5.74) is 1.92. The minimum absolute atomic E-state index is 0.0728. The van der Waals surface area contributed by atoms with Crippen molar-refractivity contribution in [2.75, 3.05) is 20.3 Å². The van der Waals surface area contributed by atoms with E-state index in [0.29, 0.717) is 26.1 Å². The third-order valence-corrected chi connectivity index (χ3v) is 3.88. The van der Waals surface area contributed by atoms with Crippen molar-refractivity contribution in [2.24, 2.45) is 0 Å². The topological polar surface area (TPSA) is 47.6 Å². The van der Waals surface area contributed by atoms with Gasteiger partial charge >= 0.3 is 0 Å². The quantitative estimate of drug-likeness (QED) is 0.706. The van der Waals surface area contributed by atoms with Crippen LogP contribution >= 0.6 is 0 Å². The van der Waals surface area contributed by atoms with Gasteiger partial charge in [-0.3, -0.25) is 4.79 Å². The lowest BCUT2D eigenvalue weighted by molar-refractivity contribution is -0.122. The van der Waals surface area contributed by atoms with Crippen LogP contribution in [0.15, 0.2) is 48.5 Å². The Morgan fingerprint density at radius 1 is 1.12 bits per heavy atom. The van der Waals surface area contributed by atoms with Gasteiger partial charge in [0.25, 0.3) is 0 Å². The predicted molar refractivity (Wildman–Crippen MR) is 95.1 cm³/mol. The van der Waals surface area contributed by atoms with Crippen molar-refractivity contribution in [3.8, 4) is 5.75 Å². The van der Waals surface area contributed by atoms with Gasteiger partial charge in [-0.05, 0) is 48.7 Å². The van der Waals surface area contributed by atoms with E-state index in [9.17, 15) is 9.18 Å². The van der Waals surface area contributed by atoms with E-state index < -0.39 is 0 Å². The molecule has 0 radical (unpaired) electrons. The molecule has 4 nitrogen and oxygen atoms in total. The maximum absolute atomic E-state index is 13.1. The maximum Gasteiger partial charge on any atom is 0.222 e. The zero-order valence-corrected chi connectivity index (χ0v) is 14.6. The molecule has 1 atom stereocenters. The van der Waals surface area contributed by atoms with E-state index in [4.69, 9.17) is 9.47 Å². The van der Waals surface area contributed by atoms with Crippen LogP contribution in [0.5, 0.6) is 5.75 Å². The lowest BCUT2D eigenvalue weighted by atomic mass is 9.98. The Hall–Kier alpha value is -2.40. The minimum Gasteiger partial charge on any atom is -0.497 e. The average Bonchev–Trinajstić information content (AvgIpc) is 2.63. The lowest BCUT2D eigenvalue weighted by Gasteiger charge is -2.20. The first-order chi connectivity index (χ1) is 12.1. The first-order valence-electron chi connectivity index (χ1n) is 8.38. The van der Waals surface area contributed by atoms with Gasteiger partial charge in [0.1, 0.15) is 11.6 Å². The Balaban J connectivity index is 2.11. The van der Waals surface area contributed by atoms with Gasteiger partial charge in [-0.15, -0.1) is 0 Å². The maximum atomic E-state index is 13.1. The third-order valence-electron chi connectivity index (χ3n) is 3.88. The van der Waals surface area contributed by atoms with Crippen LogP contribution in [0, 0.1) is 5.82 Å². The van der Waals surface area contributed by atoms with E-state index in [-0.39, 0.29) is 17.8 Å². The molecular formula is C20H24FNO3. The second-order valence-corrected chi connectivity index (χ2v) is 5.67. The smallest absolute Gasteiger partial charge is 0.222 e. The summed E-state index contributed by atoms with van der Waals surface area (Å²) < 4.78 is 23.5. The van der Waals surface area contributed by atoms with Crippen LogP contribution in [0.4, 0.5) is 4.39 Å². The molecule has 1 N–H and O–H groups in total. The summed E-state index contributed by atoms with van der Waals surface area (Å²) >= 11 is 0. The van der Waals surface area contributed by atoms with Gasteiger partial charge in [-0.25, -0.2) is 4.39 Å². The molecule has 0 aliphatic heterocycles. The lowest BCUT2D eigenvalue weighted by Crippen LogP contribution is -2.30. The van der Waals surface area contributed by atoms with Crippen LogP contribution in [0.25, 0.3) is 0 Å². The monoisotopic (exact) mass is 345 g/mol. The number of methoxy groups -OCH3 is 1. The van der Waals surface area contributed by atoms with Gasteiger partial charge in [0, 0.05) is 13.0 Å². The van der Waals surface area contributed by atoms with E-state index in [0.717, 1.165) is 16.9 Å². The number of halogens is 1. The number of benzene rings is 2. The molecule has 0 heterocycles. The zero-order valence-electron chi connectivity index (χ0n) is 14.6. The molecular weight excluding hydrogens is 321 g/mol. The van der Waals surface area contributed by atoms with Gasteiger partial charge in [0.05, 0.1) is 19.8 Å². The standard InChI is InChI=1S/C20H24FNO3/c1-3-25-13-12-20(23)22-19(14-15-4-8-17(21)9-5-15)16-6-10-18(24-2)11-7-16/h4-11,19H,3,12-14H2,1-2H3,(H,22,23). The summed E-state index contributed by atoms with van der Waals surface area (Å²) in [4.78, 5) is 12.2. The molecule has 2 aromatic rings. The number of hydrogen-bond acceptors (Lipinski definition) is 3. The number of nitrogens with one attached hydrogen (secondary N) is 1. The van der Waals surface area contributed by atoms with Gasteiger partial charge in [-0.2, -0.15) is 0 Å². The van der Waals surface area contributed by atoms with Crippen LogP contribution in [0.1, 0.15) is 30.5 Å². The largest absolute Gasteiger partial charge is 0.497 e. The van der Waals surface area contributed by atoms with E-state index in [1.54, 1.807) is 19.2 Å². The summed E-state index contributed by atoms with van der Waals surface area (Å²) in [6.07, 6.45) is 0.886. The summed E-state index contributed by atoms with van der Waals surface area (Å²) in [6, 6.07) is 13.7. The van der Waals surface area contributed by atoms with Crippen molar-refractivity contribution in [1.82, 2.24) is 5.32 Å². The Kier molecular flexibility index (Phi) is 7.41. The van der Waals surface area contributed by atoms with Crippen molar-refractivity contribution < 1.29 is 18.7 Å². The molecule has 0 saturated carbocycles. The van der Waals surface area contributed by atoms with E-state index in [1.807, 2.05) is 31.2 Å². The predicted octanol–water partition coefficient (Wildman–Crippen LogP) is 3.66. The molecule has 1 amide bonds. The normalized spacial score (nSPS) is 11.8. The summed E-state index contributed by atoms with van der Waals surface area (Å²) in [5.74, 6) is 0.411. The number of rotatable bonds is 9. The van der Waals surface area contributed by atoms with Crippen LogP contribution in [0.3, 0.4) is 0 Å². The number of hydrogen-bond donors (Lipinski definition) is 1. The molecule has 0 aliphatic carbocycles. The highest BCUT2D eigenvalue weighted by Crippen LogP contribution is 2.22. The van der Waals surface area contributed by atoms with E-state index in [1.165, 1.54) is 12.1 Å². The molecule has 0 fully saturated rings. The Bertz CT molecular complexity index is 656. The molecule has 134 valence electrons. The van der Waals surface area contributed by atoms with Crippen molar-refractivity contribution in [1.29, 1.82) is 0 Å². The molecule has 0 aromatic heterocycles. The van der Waals surface area contributed by atoms with Gasteiger partial charge in [0.2, 0.25) is 5.91 Å². The second kappa shape index (κ2) is 9.79. The number of carbonyl (C=O) groups excluding carboxylic acids is 1. The second-order valence-electron chi connectivity index (χ2n) is 5.67. The summed E-state index contributed by atoms with van der Waals surface area (Å²) in [5, 5.41) is 3.04. The number of carbonyl (C=O) groups is 1. The van der Waals surface area contributed by atoms with Gasteiger partial charge in [0.15, 0.2) is 0 Å². The minimum atomic E-state index is -0.273. The first-order valence-corrected chi connectivity index (χ1v) is 8.38. The highest BCUT2D eigenvalue weighted by atomic mass is 19.1. The summed E-state index contributed by atoms with van der Waals surface area (Å²) in [7, 11) is 1.61. The number of ether oxygens (including phenoxy) is 2. The molecule has 0 saturated heterocycles. The van der Waals surface area contributed by atoms with Gasteiger partial charge in [-0.1, -0.05) is 24.3 Å². The fourth-order valence-electron chi connectivity index (χ4n) is 2.52. The molecule has 2 aromatic carbocycles. The van der Waals surface area contributed by atoms with Crippen molar-refractivity contribution in [3.63, 3.8) is 0 Å². The average molecular weight is 345 g/mol. The first kappa shape index (κ1) is 18.9. The van der Waals surface area contributed by atoms with E-state index >= 15 is 0 Å². The third kappa shape index (κ3) is 6.19. The van der Waals surface area contributed by atoms with Crippen molar-refractivity contribution >= 4 is 5.91 Å². The molecule has 0 bridgehead atoms. The fourth-order valence-corrected chi connectivity index (χ4v) is 2.52. The van der Waals surface area contributed by atoms with Crippen LogP contribution < -0.4 is 10.1 Å². The zero-order chi connectivity index (χ0) is 18.1. The highest BCUT2D eigenvalue weighted by Gasteiger charge is 2.15. The molecule has 0 aliphatic rings. The van der Waals surface area contributed by atoms with Crippen molar-refractivity contribution in [2.45, 2.75) is 25.8 Å². The van der Waals surface area contributed by atoms with E-state index in [2.05, 4.69) is 5.32 Å². The summed E-state index contributed by atoms with van der Waals surface area (Å²) in [6.45, 7) is 2.88. The van der Waals surface area contributed by atoms with Crippen molar-refractivity contribution in [3.05, 3.63) is 65.5 Å². The van der Waals surface area contributed by atoms with Crippen LogP contribution in [0.2, 0.25) is 0 Å². The molecule has 1 unspecified atom stereocenters. The van der Waals surface area contributed by atoms with Crippen LogP contribution in [-0.2, 0) is 16.0 Å².